The smallest absolute Gasteiger partial charge is 0.261 e. The molecule has 0 atom stereocenters. The topological polar surface area (TPSA) is 64.3 Å². The van der Waals surface area contributed by atoms with Crippen molar-refractivity contribution in [1.82, 2.24) is 9.55 Å². The fourth-order valence-corrected chi connectivity index (χ4v) is 3.69. The van der Waals surface area contributed by atoms with Crippen LogP contribution >= 0.6 is 31.9 Å². The van der Waals surface area contributed by atoms with Gasteiger partial charge in [0.2, 0.25) is 0 Å². The highest BCUT2D eigenvalue weighted by atomic mass is 79.9. The van der Waals surface area contributed by atoms with E-state index >= 15 is 0 Å². The fraction of sp³-hybridized carbons (Fsp3) is 0.125. The lowest BCUT2D eigenvalue weighted by Gasteiger charge is -2.12. The van der Waals surface area contributed by atoms with Crippen molar-refractivity contribution in [2.24, 2.45) is 7.05 Å². The zero-order valence-electron chi connectivity index (χ0n) is 12.3. The molecule has 0 radical (unpaired) electrons. The molecule has 5 nitrogen and oxygen atoms in total. The Labute approximate surface area is 148 Å². The molecule has 118 valence electrons. The highest BCUT2D eigenvalue weighted by Crippen LogP contribution is 2.32. The van der Waals surface area contributed by atoms with Gasteiger partial charge in [-0.3, -0.25) is 9.36 Å². The zero-order valence-corrected chi connectivity index (χ0v) is 15.5. The number of aromatic hydroxyl groups is 1. The molecule has 0 unspecified atom stereocenters. The summed E-state index contributed by atoms with van der Waals surface area (Å²) >= 11 is 6.83. The van der Waals surface area contributed by atoms with Crippen molar-refractivity contribution in [3.8, 4) is 22.9 Å². The molecule has 7 heteroatoms. The third kappa shape index (κ3) is 2.74. The standard InChI is InChI=1S/C16H12Br2N2O3/c1-20-15(8-3-4-12(21)13(5-8)23-2)19-14-10(16(20)22)6-9(17)7-11(14)18/h3-7,21H,1-2H3. The van der Waals surface area contributed by atoms with Gasteiger partial charge in [-0.15, -0.1) is 0 Å². The quantitative estimate of drug-likeness (QED) is 0.658. The largest absolute Gasteiger partial charge is 0.504 e. The Bertz CT molecular complexity index is 983. The summed E-state index contributed by atoms with van der Waals surface area (Å²) in [6.45, 7) is 0. The van der Waals surface area contributed by atoms with Crippen molar-refractivity contribution in [2.45, 2.75) is 0 Å². The third-order valence-corrected chi connectivity index (χ3v) is 4.60. The van der Waals surface area contributed by atoms with Crippen LogP contribution < -0.4 is 10.3 Å². The van der Waals surface area contributed by atoms with E-state index in [2.05, 4.69) is 36.8 Å². The van der Waals surface area contributed by atoms with Crippen LogP contribution in [0.1, 0.15) is 0 Å². The Morgan fingerprint density at radius 1 is 1.22 bits per heavy atom. The number of hydrogen-bond donors (Lipinski definition) is 1. The van der Waals surface area contributed by atoms with Crippen LogP contribution in [0, 0.1) is 0 Å². The molecule has 0 bridgehead atoms. The van der Waals surface area contributed by atoms with Crippen LogP contribution in [0.2, 0.25) is 0 Å². The highest BCUT2D eigenvalue weighted by molar-refractivity contribution is 9.11. The average Bonchev–Trinajstić information content (AvgIpc) is 2.52. The summed E-state index contributed by atoms with van der Waals surface area (Å²) in [4.78, 5) is 17.3. The normalized spacial score (nSPS) is 11.0. The number of methoxy groups -OCH3 is 1. The molecule has 0 spiro atoms. The SMILES string of the molecule is COc1cc(-c2nc3c(Br)cc(Br)cc3c(=O)n2C)ccc1O. The van der Waals surface area contributed by atoms with E-state index < -0.39 is 0 Å². The molecule has 2 aromatic carbocycles. The first-order chi connectivity index (χ1) is 10.9. The predicted molar refractivity (Wildman–Crippen MR) is 96.0 cm³/mol. The van der Waals surface area contributed by atoms with Crippen LogP contribution in [0.25, 0.3) is 22.3 Å². The summed E-state index contributed by atoms with van der Waals surface area (Å²) in [6, 6.07) is 8.45. The van der Waals surface area contributed by atoms with E-state index in [9.17, 15) is 9.90 Å². The van der Waals surface area contributed by atoms with Gasteiger partial charge in [-0.1, -0.05) is 15.9 Å². The van der Waals surface area contributed by atoms with E-state index in [1.54, 1.807) is 25.2 Å². The maximum atomic E-state index is 12.6. The van der Waals surface area contributed by atoms with Crippen LogP contribution in [-0.2, 0) is 7.05 Å². The lowest BCUT2D eigenvalue weighted by molar-refractivity contribution is 0.373. The number of fused-ring (bicyclic) bond motifs is 1. The third-order valence-electron chi connectivity index (χ3n) is 3.54. The number of rotatable bonds is 2. The van der Waals surface area contributed by atoms with Gasteiger partial charge in [-0.05, 0) is 46.3 Å². The van der Waals surface area contributed by atoms with Gasteiger partial charge in [0, 0.05) is 21.6 Å². The molecular weight excluding hydrogens is 428 g/mol. The fourth-order valence-electron chi connectivity index (χ4n) is 2.38. The van der Waals surface area contributed by atoms with Gasteiger partial charge in [0.05, 0.1) is 18.0 Å². The molecule has 0 aliphatic rings. The highest BCUT2D eigenvalue weighted by Gasteiger charge is 2.14. The molecule has 0 saturated heterocycles. The Kier molecular flexibility index (Phi) is 4.16. The second-order valence-electron chi connectivity index (χ2n) is 4.97. The maximum absolute atomic E-state index is 12.6. The molecule has 3 rings (SSSR count). The van der Waals surface area contributed by atoms with Crippen molar-refractivity contribution in [3.63, 3.8) is 0 Å². The van der Waals surface area contributed by atoms with Crippen molar-refractivity contribution < 1.29 is 9.84 Å². The Hall–Kier alpha value is -1.86. The van der Waals surface area contributed by atoms with Gasteiger partial charge in [0.25, 0.3) is 5.56 Å². The van der Waals surface area contributed by atoms with Crippen LogP contribution in [0.5, 0.6) is 11.5 Å². The molecule has 1 aromatic heterocycles. The van der Waals surface area contributed by atoms with E-state index in [1.807, 2.05) is 6.07 Å². The molecule has 0 aliphatic heterocycles. The van der Waals surface area contributed by atoms with Gasteiger partial charge >= 0.3 is 0 Å². The molecule has 1 N–H and O–H groups in total. The first kappa shape index (κ1) is 16.0. The van der Waals surface area contributed by atoms with Gasteiger partial charge in [-0.25, -0.2) is 4.98 Å². The van der Waals surface area contributed by atoms with E-state index in [0.29, 0.717) is 28.0 Å². The lowest BCUT2D eigenvalue weighted by atomic mass is 10.1. The van der Waals surface area contributed by atoms with Crippen molar-refractivity contribution in [2.75, 3.05) is 7.11 Å². The van der Waals surface area contributed by atoms with Crippen molar-refractivity contribution in [1.29, 1.82) is 0 Å². The minimum Gasteiger partial charge on any atom is -0.504 e. The molecule has 0 amide bonds. The average molecular weight is 440 g/mol. The summed E-state index contributed by atoms with van der Waals surface area (Å²) in [7, 11) is 3.14. The van der Waals surface area contributed by atoms with Gasteiger partial charge in [0.15, 0.2) is 11.5 Å². The summed E-state index contributed by atoms with van der Waals surface area (Å²) < 4.78 is 8.13. The van der Waals surface area contributed by atoms with Crippen molar-refractivity contribution in [3.05, 3.63) is 49.6 Å². The summed E-state index contributed by atoms with van der Waals surface area (Å²) in [5, 5.41) is 10.2. The van der Waals surface area contributed by atoms with Crippen molar-refractivity contribution >= 4 is 42.8 Å². The van der Waals surface area contributed by atoms with Crippen LogP contribution in [0.4, 0.5) is 0 Å². The molecule has 3 aromatic rings. The van der Waals surface area contributed by atoms with Crippen LogP contribution in [0.3, 0.4) is 0 Å². The minimum absolute atomic E-state index is 0.0344. The van der Waals surface area contributed by atoms with Crippen LogP contribution in [-0.4, -0.2) is 21.8 Å². The van der Waals surface area contributed by atoms with Gasteiger partial charge < -0.3 is 9.84 Å². The minimum atomic E-state index is -0.154. The second kappa shape index (κ2) is 5.98. The Morgan fingerprint density at radius 2 is 1.96 bits per heavy atom. The second-order valence-corrected chi connectivity index (χ2v) is 6.74. The number of nitrogens with zero attached hydrogens (tertiary/aromatic N) is 2. The van der Waals surface area contributed by atoms with Crippen LogP contribution in [0.15, 0.2) is 44.1 Å². The lowest BCUT2D eigenvalue weighted by Crippen LogP contribution is -2.20. The zero-order chi connectivity index (χ0) is 16.7. The molecule has 1 heterocycles. The monoisotopic (exact) mass is 438 g/mol. The van der Waals surface area contributed by atoms with E-state index in [-0.39, 0.29) is 11.3 Å². The number of phenolic OH excluding ortho intramolecular Hbond substituents is 1. The number of hydrogen-bond acceptors (Lipinski definition) is 4. The van der Waals surface area contributed by atoms with E-state index in [4.69, 9.17) is 4.74 Å². The number of phenols is 1. The van der Waals surface area contributed by atoms with Gasteiger partial charge in [-0.2, -0.15) is 0 Å². The summed E-state index contributed by atoms with van der Waals surface area (Å²) in [5.74, 6) is 0.850. The molecule has 0 saturated carbocycles. The molecule has 23 heavy (non-hydrogen) atoms. The molecule has 0 fully saturated rings. The van der Waals surface area contributed by atoms with E-state index in [1.165, 1.54) is 17.7 Å². The summed E-state index contributed by atoms with van der Waals surface area (Å²) in [5.41, 5.74) is 1.10. The summed E-state index contributed by atoms with van der Waals surface area (Å²) in [6.07, 6.45) is 0. The Morgan fingerprint density at radius 3 is 2.65 bits per heavy atom. The van der Waals surface area contributed by atoms with E-state index in [0.717, 1.165) is 8.95 Å². The predicted octanol–water partition coefficient (Wildman–Crippen LogP) is 3.84. The molecular formula is C16H12Br2N2O3. The van der Waals surface area contributed by atoms with Gasteiger partial charge in [0.1, 0.15) is 5.82 Å². The maximum Gasteiger partial charge on any atom is 0.261 e. The number of halogens is 2. The number of benzene rings is 2. The first-order valence-electron chi connectivity index (χ1n) is 6.65. The number of aromatic nitrogens is 2. The Balaban J connectivity index is 2.35. The number of ether oxygens (including phenoxy) is 1. The molecule has 0 aliphatic carbocycles. The first-order valence-corrected chi connectivity index (χ1v) is 8.24.